The standard InChI is InChI=1S/C19H23N3O5S2/c1-20-18(24)21-14-6-4-5-13(11-14)15-7-8-16(28-15)19(12-17(23)22-25)9-2-3-10-29(19,26)27/h4-8,11,25H,2-3,9-10,12H2,1H3,(H,22,23)(H2,20,21,24)/t19-/m0/s1. The molecule has 0 saturated carbocycles. The van der Waals surface area contributed by atoms with Gasteiger partial charge in [0.2, 0.25) is 5.91 Å². The quantitative estimate of drug-likeness (QED) is 0.423. The molecule has 10 heteroatoms. The van der Waals surface area contributed by atoms with Crippen LogP contribution in [0.2, 0.25) is 0 Å². The summed E-state index contributed by atoms with van der Waals surface area (Å²) in [5, 5.41) is 14.2. The number of thiophene rings is 1. The average molecular weight is 438 g/mol. The number of anilines is 1. The van der Waals surface area contributed by atoms with Gasteiger partial charge in [-0.25, -0.2) is 18.7 Å². The second-order valence-corrected chi connectivity index (χ2v) is 10.4. The van der Waals surface area contributed by atoms with Crippen LogP contribution in [0.15, 0.2) is 36.4 Å². The molecule has 1 aromatic heterocycles. The highest BCUT2D eigenvalue weighted by molar-refractivity contribution is 7.92. The number of urea groups is 1. The number of amides is 3. The van der Waals surface area contributed by atoms with Gasteiger partial charge < -0.3 is 10.6 Å². The Balaban J connectivity index is 1.99. The lowest BCUT2D eigenvalue weighted by Crippen LogP contribution is -2.43. The molecule has 0 radical (unpaired) electrons. The van der Waals surface area contributed by atoms with Crippen molar-refractivity contribution in [1.82, 2.24) is 10.8 Å². The highest BCUT2D eigenvalue weighted by Crippen LogP contribution is 2.47. The van der Waals surface area contributed by atoms with Gasteiger partial charge in [-0.2, -0.15) is 0 Å². The summed E-state index contributed by atoms with van der Waals surface area (Å²) in [7, 11) is -2.04. The average Bonchev–Trinajstić information content (AvgIpc) is 3.20. The Bertz CT molecular complexity index is 1020. The Labute approximate surface area is 173 Å². The molecular formula is C19H23N3O5S2. The van der Waals surface area contributed by atoms with Crippen molar-refractivity contribution in [1.29, 1.82) is 0 Å². The molecule has 0 unspecified atom stereocenters. The number of carbonyl (C=O) groups excluding carboxylic acids is 2. The molecule has 156 valence electrons. The number of hydrogen-bond donors (Lipinski definition) is 4. The predicted molar refractivity (Wildman–Crippen MR) is 112 cm³/mol. The fourth-order valence-electron chi connectivity index (χ4n) is 3.60. The van der Waals surface area contributed by atoms with E-state index in [4.69, 9.17) is 5.21 Å². The lowest BCUT2D eigenvalue weighted by molar-refractivity contribution is -0.130. The predicted octanol–water partition coefficient (Wildman–Crippen LogP) is 2.86. The summed E-state index contributed by atoms with van der Waals surface area (Å²) < 4.78 is 24.7. The number of rotatable bonds is 5. The maximum Gasteiger partial charge on any atom is 0.318 e. The van der Waals surface area contributed by atoms with Crippen LogP contribution in [0.4, 0.5) is 10.5 Å². The molecule has 0 aliphatic carbocycles. The van der Waals surface area contributed by atoms with Crippen molar-refractivity contribution < 1.29 is 23.2 Å². The zero-order valence-corrected chi connectivity index (χ0v) is 17.5. The van der Waals surface area contributed by atoms with Gasteiger partial charge in [-0.3, -0.25) is 10.0 Å². The van der Waals surface area contributed by atoms with Crippen LogP contribution in [0.5, 0.6) is 0 Å². The molecule has 4 N–H and O–H groups in total. The fourth-order valence-corrected chi connectivity index (χ4v) is 7.37. The van der Waals surface area contributed by atoms with Crippen LogP contribution in [0.1, 0.15) is 30.6 Å². The zero-order chi connectivity index (χ0) is 21.1. The summed E-state index contributed by atoms with van der Waals surface area (Å²) >= 11 is 1.31. The first-order valence-electron chi connectivity index (χ1n) is 9.16. The number of carbonyl (C=O) groups is 2. The van der Waals surface area contributed by atoms with E-state index in [0.717, 1.165) is 10.4 Å². The first kappa shape index (κ1) is 21.3. The maximum absolute atomic E-state index is 13.0. The highest BCUT2D eigenvalue weighted by Gasteiger charge is 2.49. The Morgan fingerprint density at radius 1 is 1.21 bits per heavy atom. The number of nitrogens with one attached hydrogen (secondary N) is 3. The zero-order valence-electron chi connectivity index (χ0n) is 15.9. The molecule has 3 rings (SSSR count). The number of benzene rings is 1. The molecule has 1 aliphatic rings. The Kier molecular flexibility index (Phi) is 6.25. The molecule has 3 amide bonds. The molecule has 2 aromatic rings. The van der Waals surface area contributed by atoms with E-state index in [9.17, 15) is 18.0 Å². The van der Waals surface area contributed by atoms with Gasteiger partial charge in [0.1, 0.15) is 4.75 Å². The van der Waals surface area contributed by atoms with Gasteiger partial charge in [-0.05, 0) is 42.7 Å². The van der Waals surface area contributed by atoms with Crippen molar-refractivity contribution in [3.05, 3.63) is 41.3 Å². The Morgan fingerprint density at radius 3 is 2.69 bits per heavy atom. The van der Waals surface area contributed by atoms with Crippen LogP contribution in [0.25, 0.3) is 10.4 Å². The second-order valence-electron chi connectivity index (χ2n) is 6.93. The smallest absolute Gasteiger partial charge is 0.318 e. The van der Waals surface area contributed by atoms with E-state index < -0.39 is 20.5 Å². The molecule has 1 aromatic carbocycles. The summed E-state index contributed by atoms with van der Waals surface area (Å²) in [6, 6.07) is 10.4. The van der Waals surface area contributed by atoms with E-state index in [1.807, 2.05) is 12.1 Å². The fraction of sp³-hybridized carbons (Fsp3) is 0.368. The van der Waals surface area contributed by atoms with Crippen molar-refractivity contribution in [3.8, 4) is 10.4 Å². The first-order valence-corrected chi connectivity index (χ1v) is 11.6. The van der Waals surface area contributed by atoms with Gasteiger partial charge in [-0.1, -0.05) is 18.6 Å². The van der Waals surface area contributed by atoms with E-state index in [-0.39, 0.29) is 18.2 Å². The van der Waals surface area contributed by atoms with Crippen LogP contribution in [-0.4, -0.2) is 38.4 Å². The van der Waals surface area contributed by atoms with Gasteiger partial charge in [-0.15, -0.1) is 11.3 Å². The third kappa shape index (κ3) is 4.29. The molecule has 0 bridgehead atoms. The largest absolute Gasteiger partial charge is 0.341 e. The maximum atomic E-state index is 13.0. The number of sulfone groups is 1. The van der Waals surface area contributed by atoms with E-state index in [1.165, 1.54) is 18.4 Å². The van der Waals surface area contributed by atoms with Crippen molar-refractivity contribution in [2.24, 2.45) is 0 Å². The molecule has 1 atom stereocenters. The number of hydroxylamine groups is 1. The molecule has 1 saturated heterocycles. The lowest BCUT2D eigenvalue weighted by atomic mass is 9.94. The van der Waals surface area contributed by atoms with Gasteiger partial charge in [0.15, 0.2) is 9.84 Å². The SMILES string of the molecule is CNC(=O)Nc1cccc(-c2ccc([C@@]3(CC(=O)NO)CCCCS3(=O)=O)s2)c1. The normalized spacial score (nSPS) is 20.6. The van der Waals surface area contributed by atoms with E-state index in [2.05, 4.69) is 10.6 Å². The van der Waals surface area contributed by atoms with Crippen LogP contribution >= 0.6 is 11.3 Å². The first-order chi connectivity index (χ1) is 13.8. The molecule has 1 aliphatic heterocycles. The van der Waals surface area contributed by atoms with E-state index in [0.29, 0.717) is 29.8 Å². The molecule has 2 heterocycles. The Hall–Kier alpha value is -2.43. The third-order valence-corrected chi connectivity index (χ3v) is 9.15. The second kappa shape index (κ2) is 8.52. The Morgan fingerprint density at radius 2 is 2.00 bits per heavy atom. The van der Waals surface area contributed by atoms with Crippen LogP contribution in [-0.2, 0) is 19.4 Å². The molecule has 29 heavy (non-hydrogen) atoms. The monoisotopic (exact) mass is 437 g/mol. The van der Waals surface area contributed by atoms with Crippen molar-refractivity contribution in [3.63, 3.8) is 0 Å². The lowest BCUT2D eigenvalue weighted by Gasteiger charge is -2.35. The molecular weight excluding hydrogens is 414 g/mol. The van der Waals surface area contributed by atoms with Crippen molar-refractivity contribution in [2.75, 3.05) is 18.1 Å². The van der Waals surface area contributed by atoms with Crippen molar-refractivity contribution >= 4 is 38.8 Å². The number of hydrogen-bond acceptors (Lipinski definition) is 6. The summed E-state index contributed by atoms with van der Waals surface area (Å²) in [5.74, 6) is -0.702. The minimum Gasteiger partial charge on any atom is -0.341 e. The van der Waals surface area contributed by atoms with Gasteiger partial charge in [0.25, 0.3) is 0 Å². The van der Waals surface area contributed by atoms with Gasteiger partial charge in [0.05, 0.1) is 12.2 Å². The van der Waals surface area contributed by atoms with Crippen LogP contribution in [0, 0.1) is 0 Å². The summed E-state index contributed by atoms with van der Waals surface area (Å²) in [4.78, 5) is 24.9. The summed E-state index contributed by atoms with van der Waals surface area (Å²) in [5.41, 5.74) is 3.00. The third-order valence-electron chi connectivity index (χ3n) is 5.10. The highest BCUT2D eigenvalue weighted by atomic mass is 32.2. The van der Waals surface area contributed by atoms with E-state index >= 15 is 0 Å². The molecule has 8 nitrogen and oxygen atoms in total. The molecule has 0 spiro atoms. The van der Waals surface area contributed by atoms with E-state index in [1.54, 1.807) is 29.7 Å². The summed E-state index contributed by atoms with van der Waals surface area (Å²) in [6.07, 6.45) is 1.28. The minimum absolute atomic E-state index is 0.0183. The minimum atomic E-state index is -3.57. The van der Waals surface area contributed by atoms with Gasteiger partial charge in [0, 0.05) is 22.5 Å². The molecule has 1 fully saturated rings. The topological polar surface area (TPSA) is 125 Å². The van der Waals surface area contributed by atoms with Gasteiger partial charge >= 0.3 is 6.03 Å². The van der Waals surface area contributed by atoms with Crippen LogP contribution in [0.3, 0.4) is 0 Å². The van der Waals surface area contributed by atoms with Crippen molar-refractivity contribution in [2.45, 2.75) is 30.4 Å². The van der Waals surface area contributed by atoms with Crippen LogP contribution < -0.4 is 16.1 Å². The summed E-state index contributed by atoms with van der Waals surface area (Å²) in [6.45, 7) is 0.